The monoisotopic (exact) mass is 311 g/mol. The molecule has 0 saturated heterocycles. The Balaban J connectivity index is 2.17. The van der Waals surface area contributed by atoms with E-state index in [0.717, 1.165) is 11.2 Å². The first-order valence-corrected chi connectivity index (χ1v) is 7.36. The highest BCUT2D eigenvalue weighted by Gasteiger charge is 2.15. The van der Waals surface area contributed by atoms with Gasteiger partial charge >= 0.3 is 0 Å². The smallest absolute Gasteiger partial charge is 0.167 e. The Kier molecular flexibility index (Phi) is 3.58. The lowest BCUT2D eigenvalue weighted by atomic mass is 10.3. The maximum atomic E-state index is 13.7. The van der Waals surface area contributed by atoms with Crippen LogP contribution in [0.3, 0.4) is 0 Å². The third-order valence-electron chi connectivity index (χ3n) is 3.02. The van der Waals surface area contributed by atoms with E-state index in [1.54, 1.807) is 11.6 Å². The number of ether oxygens (including phenoxy) is 1. The molecule has 3 rings (SSSR count). The highest BCUT2D eigenvalue weighted by atomic mass is 35.5. The summed E-state index contributed by atoms with van der Waals surface area (Å²) in [6.07, 6.45) is 0. The van der Waals surface area contributed by atoms with Crippen LogP contribution in [0.1, 0.15) is 11.5 Å². The Morgan fingerprint density at radius 2 is 2.30 bits per heavy atom. The van der Waals surface area contributed by atoms with Crippen LogP contribution in [-0.4, -0.2) is 21.6 Å². The first-order chi connectivity index (χ1) is 9.72. The molecule has 0 amide bonds. The molecule has 4 nitrogen and oxygen atoms in total. The van der Waals surface area contributed by atoms with Crippen LogP contribution in [-0.2, 0) is 12.4 Å². The standard InChI is InChI=1S/C13H11ClFN3OS/c1-19-12-3-11-10(2-9(12)15)17-13(4-14)18(11)5-8-6-20-7-16-8/h2-3,6-7H,4-5H2,1H3. The molecule has 0 bridgehead atoms. The zero-order valence-electron chi connectivity index (χ0n) is 10.6. The number of halogens is 2. The maximum absolute atomic E-state index is 13.7. The predicted molar refractivity (Wildman–Crippen MR) is 77.0 cm³/mol. The largest absolute Gasteiger partial charge is 0.494 e. The van der Waals surface area contributed by atoms with Gasteiger partial charge in [-0.1, -0.05) is 0 Å². The Hall–Kier alpha value is -1.66. The van der Waals surface area contributed by atoms with Crippen LogP contribution < -0.4 is 4.74 Å². The number of rotatable bonds is 4. The highest BCUT2D eigenvalue weighted by Crippen LogP contribution is 2.26. The number of methoxy groups -OCH3 is 1. The second-order valence-electron chi connectivity index (χ2n) is 4.20. The van der Waals surface area contributed by atoms with Crippen molar-refractivity contribution in [2.45, 2.75) is 12.4 Å². The number of benzene rings is 1. The minimum Gasteiger partial charge on any atom is -0.494 e. The fourth-order valence-corrected chi connectivity index (χ4v) is 2.84. The van der Waals surface area contributed by atoms with E-state index in [2.05, 4.69) is 9.97 Å². The van der Waals surface area contributed by atoms with Gasteiger partial charge in [-0.25, -0.2) is 14.4 Å². The number of aromatic nitrogens is 3. The number of imidazole rings is 1. The summed E-state index contributed by atoms with van der Waals surface area (Å²) in [6, 6.07) is 3.00. The van der Waals surface area contributed by atoms with Crippen molar-refractivity contribution < 1.29 is 9.13 Å². The van der Waals surface area contributed by atoms with Crippen molar-refractivity contribution in [3.05, 3.63) is 40.4 Å². The molecule has 0 spiro atoms. The van der Waals surface area contributed by atoms with Crippen LogP contribution in [0, 0.1) is 5.82 Å². The van der Waals surface area contributed by atoms with E-state index in [-0.39, 0.29) is 11.6 Å². The van der Waals surface area contributed by atoms with E-state index in [1.807, 2.05) is 9.95 Å². The van der Waals surface area contributed by atoms with Gasteiger partial charge in [0.05, 0.1) is 41.8 Å². The van der Waals surface area contributed by atoms with Crippen LogP contribution in [0.4, 0.5) is 4.39 Å². The van der Waals surface area contributed by atoms with Gasteiger partial charge in [0.1, 0.15) is 5.82 Å². The molecule has 3 aromatic rings. The minimum absolute atomic E-state index is 0.193. The van der Waals surface area contributed by atoms with Gasteiger partial charge in [0, 0.05) is 17.5 Å². The van der Waals surface area contributed by atoms with Gasteiger partial charge in [-0.15, -0.1) is 22.9 Å². The SMILES string of the molecule is COc1cc2c(cc1F)nc(CCl)n2Cc1cscn1. The molecule has 0 fully saturated rings. The van der Waals surface area contributed by atoms with Crippen molar-refractivity contribution in [1.82, 2.24) is 14.5 Å². The lowest BCUT2D eigenvalue weighted by molar-refractivity contribution is 0.387. The molecule has 2 aromatic heterocycles. The molecule has 0 saturated carbocycles. The average Bonchev–Trinajstić information content (AvgIpc) is 3.06. The molecule has 0 N–H and O–H groups in total. The van der Waals surface area contributed by atoms with Crippen molar-refractivity contribution >= 4 is 34.0 Å². The fraction of sp³-hybridized carbons (Fsp3) is 0.231. The maximum Gasteiger partial charge on any atom is 0.167 e. The molecule has 1 aromatic carbocycles. The van der Waals surface area contributed by atoms with Crippen LogP contribution in [0.25, 0.3) is 11.0 Å². The zero-order valence-corrected chi connectivity index (χ0v) is 12.2. The van der Waals surface area contributed by atoms with Crippen molar-refractivity contribution in [3.63, 3.8) is 0 Å². The molecule has 0 atom stereocenters. The zero-order chi connectivity index (χ0) is 14.1. The van der Waals surface area contributed by atoms with Gasteiger partial charge in [0.15, 0.2) is 11.6 Å². The van der Waals surface area contributed by atoms with Crippen molar-refractivity contribution in [3.8, 4) is 5.75 Å². The number of nitrogens with zero attached hydrogens (tertiary/aromatic N) is 3. The Labute approximate surface area is 123 Å². The van der Waals surface area contributed by atoms with Crippen molar-refractivity contribution in [2.24, 2.45) is 0 Å². The van der Waals surface area contributed by atoms with Crippen molar-refractivity contribution in [2.75, 3.05) is 7.11 Å². The summed E-state index contributed by atoms with van der Waals surface area (Å²) in [5.74, 6) is 0.697. The number of fused-ring (bicyclic) bond motifs is 1. The van der Waals surface area contributed by atoms with Gasteiger partial charge in [0.25, 0.3) is 0 Å². The van der Waals surface area contributed by atoms with E-state index in [0.29, 0.717) is 17.9 Å². The van der Waals surface area contributed by atoms with Gasteiger partial charge in [0.2, 0.25) is 0 Å². The predicted octanol–water partition coefficient (Wildman–Crippen LogP) is 3.43. The van der Waals surface area contributed by atoms with Gasteiger partial charge in [-0.2, -0.15) is 0 Å². The Bertz CT molecular complexity index is 742. The summed E-state index contributed by atoms with van der Waals surface area (Å²) in [4.78, 5) is 8.61. The molecule has 0 aliphatic rings. The van der Waals surface area contributed by atoms with E-state index >= 15 is 0 Å². The second kappa shape index (κ2) is 5.38. The molecule has 7 heteroatoms. The van der Waals surface area contributed by atoms with E-state index in [1.165, 1.54) is 24.5 Å². The number of hydrogen-bond acceptors (Lipinski definition) is 4. The van der Waals surface area contributed by atoms with Crippen LogP contribution >= 0.6 is 22.9 Å². The first kappa shape index (κ1) is 13.3. The quantitative estimate of drug-likeness (QED) is 0.693. The van der Waals surface area contributed by atoms with Crippen LogP contribution in [0.15, 0.2) is 23.0 Å². The third-order valence-corrected chi connectivity index (χ3v) is 3.90. The van der Waals surface area contributed by atoms with E-state index in [4.69, 9.17) is 16.3 Å². The molecular formula is C13H11ClFN3OS. The number of thiazole rings is 1. The normalized spacial score (nSPS) is 11.2. The van der Waals surface area contributed by atoms with Crippen LogP contribution in [0.2, 0.25) is 0 Å². The molecule has 20 heavy (non-hydrogen) atoms. The topological polar surface area (TPSA) is 39.9 Å². The molecular weight excluding hydrogens is 301 g/mol. The molecule has 0 radical (unpaired) electrons. The van der Waals surface area contributed by atoms with E-state index < -0.39 is 5.82 Å². The number of hydrogen-bond donors (Lipinski definition) is 0. The third kappa shape index (κ3) is 2.25. The minimum atomic E-state index is -0.431. The molecule has 0 unspecified atom stereocenters. The van der Waals surface area contributed by atoms with Crippen LogP contribution in [0.5, 0.6) is 5.75 Å². The second-order valence-corrected chi connectivity index (χ2v) is 5.19. The molecule has 0 aliphatic carbocycles. The summed E-state index contributed by atoms with van der Waals surface area (Å²) < 4.78 is 20.7. The molecule has 2 heterocycles. The lowest BCUT2D eigenvalue weighted by Gasteiger charge is -2.07. The average molecular weight is 312 g/mol. The molecule has 104 valence electrons. The Morgan fingerprint density at radius 3 is 2.95 bits per heavy atom. The summed E-state index contributed by atoms with van der Waals surface area (Å²) in [7, 11) is 1.44. The fourth-order valence-electron chi connectivity index (χ4n) is 2.09. The lowest BCUT2D eigenvalue weighted by Crippen LogP contribution is -2.04. The van der Waals surface area contributed by atoms with Gasteiger partial charge < -0.3 is 9.30 Å². The van der Waals surface area contributed by atoms with Crippen molar-refractivity contribution in [1.29, 1.82) is 0 Å². The highest BCUT2D eigenvalue weighted by molar-refractivity contribution is 7.07. The first-order valence-electron chi connectivity index (χ1n) is 5.88. The summed E-state index contributed by atoms with van der Waals surface area (Å²) in [6.45, 7) is 0.552. The van der Waals surface area contributed by atoms with Gasteiger partial charge in [-0.3, -0.25) is 0 Å². The Morgan fingerprint density at radius 1 is 1.45 bits per heavy atom. The summed E-state index contributed by atoms with van der Waals surface area (Å²) in [5.41, 5.74) is 4.04. The van der Waals surface area contributed by atoms with Gasteiger partial charge in [-0.05, 0) is 0 Å². The summed E-state index contributed by atoms with van der Waals surface area (Å²) >= 11 is 7.46. The number of alkyl halides is 1. The van der Waals surface area contributed by atoms with E-state index in [9.17, 15) is 4.39 Å². The molecule has 0 aliphatic heterocycles. The summed E-state index contributed by atoms with van der Waals surface area (Å²) in [5, 5.41) is 1.96.